The Balaban J connectivity index is 1.90. The molecule has 0 bridgehead atoms. The van der Waals surface area contributed by atoms with Gasteiger partial charge in [0.05, 0.1) is 45.9 Å². The van der Waals surface area contributed by atoms with Crippen LogP contribution in [-0.2, 0) is 13.1 Å². The first-order valence-corrected chi connectivity index (χ1v) is 10.1. The topological polar surface area (TPSA) is 87.1 Å². The van der Waals surface area contributed by atoms with E-state index in [-0.39, 0.29) is 5.56 Å². The van der Waals surface area contributed by atoms with Crippen LogP contribution >= 0.6 is 0 Å². The van der Waals surface area contributed by atoms with Crippen LogP contribution in [0.25, 0.3) is 10.9 Å². The number of methoxy groups -OCH3 is 4. The Morgan fingerprint density at radius 3 is 2.06 bits per heavy atom. The molecule has 1 aromatic heterocycles. The second-order valence-corrected chi connectivity index (χ2v) is 7.33. The highest BCUT2D eigenvalue weighted by atomic mass is 16.5. The Morgan fingerprint density at radius 1 is 0.871 bits per heavy atom. The Labute approximate surface area is 181 Å². The highest BCUT2D eigenvalue weighted by Gasteiger charge is 2.17. The Kier molecular flexibility index (Phi) is 7.02. The molecule has 31 heavy (non-hydrogen) atoms. The van der Waals surface area contributed by atoms with Gasteiger partial charge in [-0.1, -0.05) is 0 Å². The van der Waals surface area contributed by atoms with E-state index in [1.165, 1.54) is 12.0 Å². The van der Waals surface area contributed by atoms with Gasteiger partial charge in [-0.15, -0.1) is 0 Å². The molecule has 0 saturated heterocycles. The SMILES string of the molecule is CC[NH+](Cc1nc2cc(OC)c(OC)cc2c(=O)[nH]1)Cc1cc(OC)c(OC)cc1C. The summed E-state index contributed by atoms with van der Waals surface area (Å²) < 4.78 is 21.5. The number of quaternary nitrogens is 1. The summed E-state index contributed by atoms with van der Waals surface area (Å²) in [7, 11) is 6.37. The number of hydrogen-bond acceptors (Lipinski definition) is 6. The minimum absolute atomic E-state index is 0.196. The van der Waals surface area contributed by atoms with E-state index in [0.717, 1.165) is 24.2 Å². The largest absolute Gasteiger partial charge is 0.493 e. The number of H-pyrrole nitrogens is 1. The molecule has 0 aliphatic carbocycles. The van der Waals surface area contributed by atoms with Gasteiger partial charge in [-0.25, -0.2) is 4.98 Å². The Bertz CT molecular complexity index is 1130. The number of aromatic nitrogens is 2. The maximum Gasteiger partial charge on any atom is 0.259 e. The number of aryl methyl sites for hydroxylation is 1. The molecule has 0 aliphatic heterocycles. The third-order valence-corrected chi connectivity index (χ3v) is 5.46. The van der Waals surface area contributed by atoms with Gasteiger partial charge in [0.15, 0.2) is 28.8 Å². The highest BCUT2D eigenvalue weighted by molar-refractivity contribution is 5.81. The molecule has 0 saturated carbocycles. The molecule has 0 amide bonds. The molecule has 3 aromatic rings. The van der Waals surface area contributed by atoms with Crippen molar-refractivity contribution in [1.82, 2.24) is 9.97 Å². The summed E-state index contributed by atoms with van der Waals surface area (Å²) in [6, 6.07) is 7.38. The van der Waals surface area contributed by atoms with E-state index in [9.17, 15) is 4.79 Å². The minimum Gasteiger partial charge on any atom is -0.493 e. The molecule has 8 heteroatoms. The summed E-state index contributed by atoms with van der Waals surface area (Å²) in [5.74, 6) is 3.09. The fraction of sp³-hybridized carbons (Fsp3) is 0.391. The Hall–Kier alpha value is -3.26. The quantitative estimate of drug-likeness (QED) is 0.541. The lowest BCUT2D eigenvalue weighted by Crippen LogP contribution is -3.09. The van der Waals surface area contributed by atoms with Crippen molar-refractivity contribution in [3.8, 4) is 23.0 Å². The Morgan fingerprint density at radius 2 is 1.45 bits per heavy atom. The first kappa shape index (κ1) is 22.4. The number of hydrogen-bond donors (Lipinski definition) is 2. The van der Waals surface area contributed by atoms with Crippen molar-refractivity contribution in [3.63, 3.8) is 0 Å². The van der Waals surface area contributed by atoms with E-state index in [4.69, 9.17) is 18.9 Å². The molecule has 1 unspecified atom stereocenters. The molecule has 1 atom stereocenters. The van der Waals surface area contributed by atoms with Crippen LogP contribution < -0.4 is 29.4 Å². The lowest BCUT2D eigenvalue weighted by atomic mass is 10.1. The number of rotatable bonds is 9. The summed E-state index contributed by atoms with van der Waals surface area (Å²) in [4.78, 5) is 21.5. The van der Waals surface area contributed by atoms with E-state index in [0.29, 0.717) is 46.3 Å². The number of aromatic amines is 1. The number of benzene rings is 2. The van der Waals surface area contributed by atoms with Crippen LogP contribution in [0, 0.1) is 6.92 Å². The smallest absolute Gasteiger partial charge is 0.259 e. The van der Waals surface area contributed by atoms with Crippen molar-refractivity contribution in [1.29, 1.82) is 0 Å². The lowest BCUT2D eigenvalue weighted by Gasteiger charge is -2.20. The van der Waals surface area contributed by atoms with Crippen molar-refractivity contribution in [3.05, 3.63) is 51.6 Å². The molecule has 2 aromatic carbocycles. The monoisotopic (exact) mass is 428 g/mol. The zero-order valence-electron chi connectivity index (χ0n) is 18.9. The molecular weight excluding hydrogens is 398 g/mol. The van der Waals surface area contributed by atoms with Crippen LogP contribution in [0.2, 0.25) is 0 Å². The third-order valence-electron chi connectivity index (χ3n) is 5.46. The van der Waals surface area contributed by atoms with E-state index >= 15 is 0 Å². The van der Waals surface area contributed by atoms with Gasteiger partial charge in [0.25, 0.3) is 5.56 Å². The molecule has 0 spiro atoms. The molecule has 0 aliphatic rings. The predicted molar refractivity (Wildman–Crippen MR) is 119 cm³/mol. The van der Waals surface area contributed by atoms with Crippen molar-refractivity contribution in [2.75, 3.05) is 35.0 Å². The van der Waals surface area contributed by atoms with Gasteiger partial charge in [0.1, 0.15) is 13.1 Å². The molecule has 1 heterocycles. The lowest BCUT2D eigenvalue weighted by molar-refractivity contribution is -0.926. The average molecular weight is 429 g/mol. The summed E-state index contributed by atoms with van der Waals surface area (Å²) in [5.41, 5.74) is 2.66. The number of fused-ring (bicyclic) bond motifs is 1. The van der Waals surface area contributed by atoms with Gasteiger partial charge in [-0.3, -0.25) is 4.79 Å². The van der Waals surface area contributed by atoms with Crippen LogP contribution in [0.15, 0.2) is 29.1 Å². The second kappa shape index (κ2) is 9.70. The first-order chi connectivity index (χ1) is 14.9. The fourth-order valence-corrected chi connectivity index (χ4v) is 3.63. The van der Waals surface area contributed by atoms with Crippen LogP contribution in [0.5, 0.6) is 23.0 Å². The van der Waals surface area contributed by atoms with Gasteiger partial charge >= 0.3 is 0 Å². The van der Waals surface area contributed by atoms with Gasteiger partial charge in [0, 0.05) is 11.6 Å². The zero-order chi connectivity index (χ0) is 22.5. The van der Waals surface area contributed by atoms with Gasteiger partial charge < -0.3 is 28.8 Å². The normalized spacial score (nSPS) is 11.9. The molecule has 3 rings (SSSR count). The molecular formula is C23H30N3O5+. The molecule has 2 N–H and O–H groups in total. The number of nitrogens with zero attached hydrogens (tertiary/aromatic N) is 1. The zero-order valence-corrected chi connectivity index (χ0v) is 18.9. The van der Waals surface area contributed by atoms with E-state index in [1.54, 1.807) is 33.5 Å². The number of nitrogens with one attached hydrogen (secondary N) is 2. The van der Waals surface area contributed by atoms with Crippen LogP contribution in [-0.4, -0.2) is 45.0 Å². The van der Waals surface area contributed by atoms with Gasteiger partial charge in [-0.2, -0.15) is 0 Å². The standard InChI is InChI=1S/C23H29N3O5/c1-7-26(12-15-9-19(29-4)18(28-3)8-14(15)2)13-22-24-17-11-21(31-6)20(30-5)10-16(17)23(27)25-22/h8-11H,7,12-13H2,1-6H3,(H,24,25,27)/p+1. The fourth-order valence-electron chi connectivity index (χ4n) is 3.63. The maximum absolute atomic E-state index is 12.7. The maximum atomic E-state index is 12.7. The summed E-state index contributed by atoms with van der Waals surface area (Å²) in [6.07, 6.45) is 0. The van der Waals surface area contributed by atoms with Gasteiger partial charge in [-0.05, 0) is 37.6 Å². The highest BCUT2D eigenvalue weighted by Crippen LogP contribution is 2.31. The van der Waals surface area contributed by atoms with E-state index < -0.39 is 0 Å². The average Bonchev–Trinajstić information content (AvgIpc) is 2.78. The molecule has 166 valence electrons. The van der Waals surface area contributed by atoms with Crippen molar-refractivity contribution in [2.45, 2.75) is 26.9 Å². The van der Waals surface area contributed by atoms with Crippen molar-refractivity contribution >= 4 is 10.9 Å². The third kappa shape index (κ3) is 4.74. The van der Waals surface area contributed by atoms with E-state index in [2.05, 4.69) is 23.8 Å². The van der Waals surface area contributed by atoms with E-state index in [1.807, 2.05) is 12.1 Å². The van der Waals surface area contributed by atoms with Crippen LogP contribution in [0.3, 0.4) is 0 Å². The first-order valence-electron chi connectivity index (χ1n) is 10.1. The molecule has 0 radical (unpaired) electrons. The molecule has 0 fully saturated rings. The minimum atomic E-state index is -0.196. The predicted octanol–water partition coefficient (Wildman–Crippen LogP) is 1.87. The summed E-state index contributed by atoms with van der Waals surface area (Å²) >= 11 is 0. The summed E-state index contributed by atoms with van der Waals surface area (Å²) in [6.45, 7) is 6.36. The van der Waals surface area contributed by atoms with Crippen LogP contribution in [0.4, 0.5) is 0 Å². The summed E-state index contributed by atoms with van der Waals surface area (Å²) in [5, 5.41) is 0.468. The second-order valence-electron chi connectivity index (χ2n) is 7.33. The van der Waals surface area contributed by atoms with Crippen molar-refractivity contribution in [2.24, 2.45) is 0 Å². The molecule has 8 nitrogen and oxygen atoms in total. The van der Waals surface area contributed by atoms with Crippen molar-refractivity contribution < 1.29 is 23.8 Å². The number of ether oxygens (including phenoxy) is 4. The van der Waals surface area contributed by atoms with Crippen LogP contribution in [0.1, 0.15) is 23.9 Å². The van der Waals surface area contributed by atoms with Gasteiger partial charge in [0.2, 0.25) is 0 Å².